The van der Waals surface area contributed by atoms with Gasteiger partial charge in [0.15, 0.2) is 0 Å². The highest BCUT2D eigenvalue weighted by Gasteiger charge is 2.02. The Bertz CT molecular complexity index is 973. The topological polar surface area (TPSA) is 28.1 Å². The van der Waals surface area contributed by atoms with Gasteiger partial charge in [0.25, 0.3) is 0 Å². The SMILES string of the molecule is C(=Nc1cc2cc(Sc3ccccc3)ccc2[nH]1)c1ccccc1. The number of H-pyrrole nitrogens is 1. The minimum absolute atomic E-state index is 0.871. The fraction of sp³-hybridized carbons (Fsp3) is 0. The molecule has 0 spiro atoms. The van der Waals surface area contributed by atoms with E-state index in [2.05, 4.69) is 58.5 Å². The molecule has 0 saturated heterocycles. The maximum absolute atomic E-state index is 4.54. The first kappa shape index (κ1) is 14.8. The van der Waals surface area contributed by atoms with Gasteiger partial charge in [-0.1, -0.05) is 60.3 Å². The lowest BCUT2D eigenvalue weighted by Gasteiger charge is -2.01. The summed E-state index contributed by atoms with van der Waals surface area (Å²) in [5.41, 5.74) is 2.20. The zero-order valence-electron chi connectivity index (χ0n) is 13.0. The van der Waals surface area contributed by atoms with Gasteiger partial charge in [-0.05, 0) is 42.0 Å². The summed E-state index contributed by atoms with van der Waals surface area (Å²) in [5.74, 6) is 0.871. The van der Waals surface area contributed by atoms with Gasteiger partial charge in [0.05, 0.1) is 0 Å². The van der Waals surface area contributed by atoms with Crippen LogP contribution in [0.5, 0.6) is 0 Å². The first-order chi connectivity index (χ1) is 11.9. The third-order valence-corrected chi connectivity index (χ3v) is 4.71. The summed E-state index contributed by atoms with van der Waals surface area (Å²) in [4.78, 5) is 10.4. The van der Waals surface area contributed by atoms with Crippen LogP contribution in [0.1, 0.15) is 5.56 Å². The summed E-state index contributed by atoms with van der Waals surface area (Å²) in [6.45, 7) is 0. The normalized spacial score (nSPS) is 11.3. The summed E-state index contributed by atoms with van der Waals surface area (Å²) in [7, 11) is 0. The summed E-state index contributed by atoms with van der Waals surface area (Å²) in [6, 6.07) is 29.1. The number of benzene rings is 3. The van der Waals surface area contributed by atoms with Crippen molar-refractivity contribution in [2.45, 2.75) is 9.79 Å². The summed E-state index contributed by atoms with van der Waals surface area (Å²) >= 11 is 1.77. The van der Waals surface area contributed by atoms with Crippen LogP contribution in [0.25, 0.3) is 10.9 Å². The molecule has 2 nitrogen and oxygen atoms in total. The summed E-state index contributed by atoms with van der Waals surface area (Å²) in [5, 5.41) is 1.18. The van der Waals surface area contributed by atoms with Crippen molar-refractivity contribution in [3.63, 3.8) is 0 Å². The highest BCUT2D eigenvalue weighted by Crippen LogP contribution is 2.31. The van der Waals surface area contributed by atoms with Crippen LogP contribution < -0.4 is 0 Å². The van der Waals surface area contributed by atoms with Crippen molar-refractivity contribution in [2.75, 3.05) is 0 Å². The third kappa shape index (κ3) is 3.42. The van der Waals surface area contributed by atoms with Crippen molar-refractivity contribution < 1.29 is 0 Å². The van der Waals surface area contributed by atoms with Crippen LogP contribution in [0.4, 0.5) is 5.82 Å². The van der Waals surface area contributed by atoms with Crippen molar-refractivity contribution in [1.82, 2.24) is 4.98 Å². The van der Waals surface area contributed by atoms with Crippen molar-refractivity contribution in [3.8, 4) is 0 Å². The van der Waals surface area contributed by atoms with Crippen molar-refractivity contribution in [1.29, 1.82) is 0 Å². The lowest BCUT2D eigenvalue weighted by Crippen LogP contribution is -1.77. The van der Waals surface area contributed by atoms with Crippen LogP contribution in [-0.4, -0.2) is 11.2 Å². The van der Waals surface area contributed by atoms with Crippen LogP contribution in [0, 0.1) is 0 Å². The molecule has 0 saturated carbocycles. The molecule has 0 atom stereocenters. The second-order valence-corrected chi connectivity index (χ2v) is 6.63. The zero-order chi connectivity index (χ0) is 16.2. The number of fused-ring (bicyclic) bond motifs is 1. The summed E-state index contributed by atoms with van der Waals surface area (Å²) in [6.07, 6.45) is 1.88. The average Bonchev–Trinajstić information content (AvgIpc) is 3.04. The van der Waals surface area contributed by atoms with Gasteiger partial charge in [-0.2, -0.15) is 0 Å². The molecule has 0 aliphatic carbocycles. The van der Waals surface area contributed by atoms with E-state index in [0.717, 1.165) is 16.9 Å². The molecule has 0 fully saturated rings. The predicted molar refractivity (Wildman–Crippen MR) is 103 cm³/mol. The van der Waals surface area contributed by atoms with E-state index in [9.17, 15) is 0 Å². The Morgan fingerprint density at radius 3 is 2.29 bits per heavy atom. The smallest absolute Gasteiger partial charge is 0.130 e. The maximum atomic E-state index is 4.54. The van der Waals surface area contributed by atoms with Crippen LogP contribution >= 0.6 is 11.8 Å². The van der Waals surface area contributed by atoms with Gasteiger partial charge in [-0.25, -0.2) is 4.99 Å². The molecule has 24 heavy (non-hydrogen) atoms. The van der Waals surface area contributed by atoms with Crippen molar-refractivity contribution in [2.24, 2.45) is 4.99 Å². The Labute approximate surface area is 145 Å². The standard InChI is InChI=1S/C21H16N2S/c1-3-7-16(8-4-1)15-22-21-14-17-13-19(11-12-20(17)23-21)24-18-9-5-2-6-10-18/h1-15,23H. The molecular weight excluding hydrogens is 312 g/mol. The molecule has 4 aromatic rings. The number of aliphatic imine (C=N–C) groups is 1. The quantitative estimate of drug-likeness (QED) is 0.452. The molecule has 116 valence electrons. The molecule has 0 radical (unpaired) electrons. The van der Waals surface area contributed by atoms with Crippen LogP contribution in [0.15, 0.2) is 99.7 Å². The Morgan fingerprint density at radius 1 is 0.750 bits per heavy atom. The first-order valence-electron chi connectivity index (χ1n) is 7.82. The van der Waals surface area contributed by atoms with Gasteiger partial charge in [0, 0.05) is 26.9 Å². The second kappa shape index (κ2) is 6.77. The number of aromatic amines is 1. The minimum atomic E-state index is 0.871. The van der Waals surface area contributed by atoms with E-state index in [1.807, 2.05) is 42.6 Å². The molecule has 0 bridgehead atoms. The highest BCUT2D eigenvalue weighted by atomic mass is 32.2. The molecule has 0 aliphatic rings. The van der Waals surface area contributed by atoms with Crippen molar-refractivity contribution >= 4 is 34.7 Å². The first-order valence-corrected chi connectivity index (χ1v) is 8.63. The molecule has 0 unspecified atom stereocenters. The molecule has 4 rings (SSSR count). The molecule has 0 amide bonds. The Morgan fingerprint density at radius 2 is 1.50 bits per heavy atom. The number of aromatic nitrogens is 1. The molecular formula is C21H16N2S. The van der Waals surface area contributed by atoms with Gasteiger partial charge >= 0.3 is 0 Å². The van der Waals surface area contributed by atoms with E-state index in [1.54, 1.807) is 11.8 Å². The number of hydrogen-bond donors (Lipinski definition) is 1. The average molecular weight is 328 g/mol. The Kier molecular flexibility index (Phi) is 4.17. The van der Waals surface area contributed by atoms with Gasteiger partial charge in [-0.3, -0.25) is 0 Å². The van der Waals surface area contributed by atoms with Gasteiger partial charge < -0.3 is 4.98 Å². The van der Waals surface area contributed by atoms with E-state index in [1.165, 1.54) is 15.2 Å². The lowest BCUT2D eigenvalue weighted by atomic mass is 10.2. The molecule has 1 aromatic heterocycles. The van der Waals surface area contributed by atoms with Crippen LogP contribution in [0.3, 0.4) is 0 Å². The van der Waals surface area contributed by atoms with E-state index >= 15 is 0 Å². The van der Waals surface area contributed by atoms with Crippen LogP contribution in [0.2, 0.25) is 0 Å². The molecule has 3 heteroatoms. The van der Waals surface area contributed by atoms with Gasteiger partial charge in [0.1, 0.15) is 5.82 Å². The number of hydrogen-bond acceptors (Lipinski definition) is 2. The van der Waals surface area contributed by atoms with Crippen LogP contribution in [-0.2, 0) is 0 Å². The van der Waals surface area contributed by atoms with E-state index in [0.29, 0.717) is 0 Å². The monoisotopic (exact) mass is 328 g/mol. The Balaban J connectivity index is 1.58. The zero-order valence-corrected chi connectivity index (χ0v) is 13.8. The minimum Gasteiger partial charge on any atom is -0.340 e. The molecule has 1 heterocycles. The number of nitrogens with one attached hydrogen (secondary N) is 1. The van der Waals surface area contributed by atoms with E-state index < -0.39 is 0 Å². The van der Waals surface area contributed by atoms with Crippen molar-refractivity contribution in [3.05, 3.63) is 90.5 Å². The molecule has 3 aromatic carbocycles. The van der Waals surface area contributed by atoms with E-state index in [4.69, 9.17) is 0 Å². The molecule has 1 N–H and O–H groups in total. The van der Waals surface area contributed by atoms with E-state index in [-0.39, 0.29) is 0 Å². The fourth-order valence-corrected chi connectivity index (χ4v) is 3.42. The largest absolute Gasteiger partial charge is 0.340 e. The Hall–Kier alpha value is -2.78. The summed E-state index contributed by atoms with van der Waals surface area (Å²) < 4.78 is 0. The maximum Gasteiger partial charge on any atom is 0.130 e. The lowest BCUT2D eigenvalue weighted by molar-refractivity contribution is 1.38. The number of rotatable bonds is 4. The highest BCUT2D eigenvalue weighted by molar-refractivity contribution is 7.99. The predicted octanol–water partition coefficient (Wildman–Crippen LogP) is 6.07. The molecule has 0 aliphatic heterocycles. The van der Waals surface area contributed by atoms with Gasteiger partial charge in [0.2, 0.25) is 0 Å². The second-order valence-electron chi connectivity index (χ2n) is 5.49. The fourth-order valence-electron chi connectivity index (χ4n) is 2.54. The van der Waals surface area contributed by atoms with Gasteiger partial charge in [-0.15, -0.1) is 0 Å². The number of nitrogens with zero attached hydrogens (tertiary/aromatic N) is 1. The third-order valence-electron chi connectivity index (χ3n) is 3.71.